The van der Waals surface area contributed by atoms with E-state index < -0.39 is 0 Å². The topological polar surface area (TPSA) is 59.6 Å². The van der Waals surface area contributed by atoms with E-state index in [0.29, 0.717) is 29.9 Å². The zero-order valence-corrected chi connectivity index (χ0v) is 11.8. The van der Waals surface area contributed by atoms with Crippen molar-refractivity contribution in [3.63, 3.8) is 0 Å². The minimum absolute atomic E-state index is 0.0861. The number of rotatable bonds is 4. The molecule has 0 unspecified atom stereocenters. The summed E-state index contributed by atoms with van der Waals surface area (Å²) in [5.74, 6) is 1.09. The molecule has 5 heteroatoms. The molecule has 100 valence electrons. The lowest BCUT2D eigenvalue weighted by Crippen LogP contribution is -2.45. The number of halogens is 1. The summed E-state index contributed by atoms with van der Waals surface area (Å²) < 4.78 is 5.49. The van der Waals surface area contributed by atoms with Gasteiger partial charge in [-0.2, -0.15) is 0 Å². The van der Waals surface area contributed by atoms with Crippen LogP contribution in [0.2, 0.25) is 5.02 Å². The fourth-order valence-electron chi connectivity index (χ4n) is 1.31. The van der Waals surface area contributed by atoms with Crippen LogP contribution in [0.5, 0.6) is 5.75 Å². The van der Waals surface area contributed by atoms with E-state index in [1.807, 2.05) is 39.0 Å². The highest BCUT2D eigenvalue weighted by Gasteiger charge is 2.09. The lowest BCUT2D eigenvalue weighted by Gasteiger charge is -2.20. The van der Waals surface area contributed by atoms with Crippen LogP contribution in [0, 0.1) is 0 Å². The lowest BCUT2D eigenvalue weighted by atomic mass is 10.1. The van der Waals surface area contributed by atoms with Crippen molar-refractivity contribution < 1.29 is 4.74 Å². The summed E-state index contributed by atoms with van der Waals surface area (Å²) in [5, 5.41) is 3.67. The highest BCUT2D eigenvalue weighted by Crippen LogP contribution is 2.22. The maximum Gasteiger partial charge on any atom is 0.189 e. The van der Waals surface area contributed by atoms with Crippen LogP contribution in [0.1, 0.15) is 20.8 Å². The quantitative estimate of drug-likeness (QED) is 0.501. The van der Waals surface area contributed by atoms with Gasteiger partial charge in [-0.3, -0.25) is 0 Å². The molecule has 18 heavy (non-hydrogen) atoms. The standard InChI is InChI=1S/C13H20ClN3O/c1-13(2,3)17-12(15)16-8-9-18-11-7-5-4-6-10(11)14/h4-7H,8-9H2,1-3H3,(H3,15,16,17). The molecule has 0 aromatic heterocycles. The van der Waals surface area contributed by atoms with Gasteiger partial charge in [-0.1, -0.05) is 23.7 Å². The second-order valence-corrected chi connectivity index (χ2v) is 5.33. The predicted molar refractivity (Wildman–Crippen MR) is 76.3 cm³/mol. The molecule has 1 rings (SSSR count). The van der Waals surface area contributed by atoms with Crippen LogP contribution in [0.15, 0.2) is 29.3 Å². The zero-order valence-electron chi connectivity index (χ0n) is 11.0. The molecule has 0 aliphatic carbocycles. The molecule has 0 saturated carbocycles. The monoisotopic (exact) mass is 269 g/mol. The van der Waals surface area contributed by atoms with Gasteiger partial charge in [-0.05, 0) is 32.9 Å². The molecule has 0 aliphatic rings. The normalized spacial score (nSPS) is 12.3. The maximum absolute atomic E-state index is 5.95. The van der Waals surface area contributed by atoms with E-state index >= 15 is 0 Å². The predicted octanol–water partition coefficient (Wildman–Crippen LogP) is 2.42. The van der Waals surface area contributed by atoms with Crippen molar-refractivity contribution in [3.8, 4) is 5.75 Å². The molecule has 0 radical (unpaired) electrons. The molecule has 3 N–H and O–H groups in total. The summed E-state index contributed by atoms with van der Waals surface area (Å²) in [6.45, 7) is 7.00. The number of aliphatic imine (C=N–C) groups is 1. The van der Waals surface area contributed by atoms with E-state index in [1.165, 1.54) is 0 Å². The van der Waals surface area contributed by atoms with E-state index in [2.05, 4.69) is 10.3 Å². The molecule has 0 aliphatic heterocycles. The molecular weight excluding hydrogens is 250 g/mol. The summed E-state index contributed by atoms with van der Waals surface area (Å²) in [4.78, 5) is 4.17. The average molecular weight is 270 g/mol. The van der Waals surface area contributed by atoms with Crippen molar-refractivity contribution in [1.29, 1.82) is 0 Å². The van der Waals surface area contributed by atoms with Gasteiger partial charge in [0, 0.05) is 5.54 Å². The van der Waals surface area contributed by atoms with Gasteiger partial charge in [-0.15, -0.1) is 0 Å². The molecule has 0 bridgehead atoms. The van der Waals surface area contributed by atoms with E-state index in [9.17, 15) is 0 Å². The van der Waals surface area contributed by atoms with E-state index in [0.717, 1.165) is 0 Å². The van der Waals surface area contributed by atoms with Gasteiger partial charge in [0.2, 0.25) is 0 Å². The van der Waals surface area contributed by atoms with Crippen LogP contribution in [0.3, 0.4) is 0 Å². The van der Waals surface area contributed by atoms with Crippen LogP contribution < -0.4 is 15.8 Å². The molecule has 1 aromatic rings. The van der Waals surface area contributed by atoms with Crippen molar-refractivity contribution in [2.75, 3.05) is 13.2 Å². The molecule has 0 saturated heterocycles. The van der Waals surface area contributed by atoms with E-state index in [1.54, 1.807) is 6.07 Å². The zero-order chi connectivity index (χ0) is 13.6. The SMILES string of the molecule is CC(C)(C)NC(N)=NCCOc1ccccc1Cl. The van der Waals surface area contributed by atoms with E-state index in [4.69, 9.17) is 22.1 Å². The highest BCUT2D eigenvalue weighted by molar-refractivity contribution is 6.32. The fraction of sp³-hybridized carbons (Fsp3) is 0.462. The van der Waals surface area contributed by atoms with Gasteiger partial charge < -0.3 is 15.8 Å². The van der Waals surface area contributed by atoms with Crippen LogP contribution >= 0.6 is 11.6 Å². The Labute approximate surface area is 113 Å². The second-order valence-electron chi connectivity index (χ2n) is 4.92. The number of nitrogens with one attached hydrogen (secondary N) is 1. The number of ether oxygens (including phenoxy) is 1. The third-order valence-corrected chi connectivity index (χ3v) is 2.28. The Hall–Kier alpha value is -1.42. The van der Waals surface area contributed by atoms with Gasteiger partial charge >= 0.3 is 0 Å². The minimum Gasteiger partial charge on any atom is -0.490 e. The summed E-state index contributed by atoms with van der Waals surface area (Å²) in [6, 6.07) is 7.34. The Bertz CT molecular complexity index is 413. The molecule has 4 nitrogen and oxygen atoms in total. The Morgan fingerprint density at radius 2 is 2.06 bits per heavy atom. The van der Waals surface area contributed by atoms with Crippen molar-refractivity contribution >= 4 is 17.6 Å². The molecule has 0 fully saturated rings. The second kappa shape index (κ2) is 6.50. The summed E-state index contributed by atoms with van der Waals surface area (Å²) >= 11 is 5.95. The molecular formula is C13H20ClN3O. The molecule has 0 heterocycles. The third-order valence-electron chi connectivity index (χ3n) is 1.97. The Kier molecular flexibility index (Phi) is 5.28. The van der Waals surface area contributed by atoms with Gasteiger partial charge in [0.1, 0.15) is 12.4 Å². The Balaban J connectivity index is 2.35. The smallest absolute Gasteiger partial charge is 0.189 e. The first-order valence-electron chi connectivity index (χ1n) is 5.84. The number of hydrogen-bond acceptors (Lipinski definition) is 2. The minimum atomic E-state index is -0.0861. The largest absolute Gasteiger partial charge is 0.490 e. The van der Waals surface area contributed by atoms with Crippen molar-refractivity contribution in [2.45, 2.75) is 26.3 Å². The number of guanidine groups is 1. The number of benzene rings is 1. The summed E-state index contributed by atoms with van der Waals surface area (Å²) in [5.41, 5.74) is 5.64. The summed E-state index contributed by atoms with van der Waals surface area (Å²) in [7, 11) is 0. The molecule has 0 atom stereocenters. The first-order chi connectivity index (χ1) is 8.38. The third kappa shape index (κ3) is 5.77. The van der Waals surface area contributed by atoms with Crippen molar-refractivity contribution in [3.05, 3.63) is 29.3 Å². The lowest BCUT2D eigenvalue weighted by molar-refractivity contribution is 0.328. The number of nitrogens with two attached hydrogens (primary N) is 1. The molecule has 0 amide bonds. The summed E-state index contributed by atoms with van der Waals surface area (Å²) in [6.07, 6.45) is 0. The number of nitrogens with zero attached hydrogens (tertiary/aromatic N) is 1. The van der Waals surface area contributed by atoms with Gasteiger partial charge in [0.25, 0.3) is 0 Å². The molecule has 0 spiro atoms. The Morgan fingerprint density at radius 3 is 2.67 bits per heavy atom. The van der Waals surface area contributed by atoms with Crippen molar-refractivity contribution in [1.82, 2.24) is 5.32 Å². The number of hydrogen-bond donors (Lipinski definition) is 2. The van der Waals surface area contributed by atoms with Crippen LogP contribution in [0.25, 0.3) is 0 Å². The maximum atomic E-state index is 5.95. The van der Waals surface area contributed by atoms with Gasteiger partial charge in [0.15, 0.2) is 5.96 Å². The Morgan fingerprint density at radius 1 is 1.39 bits per heavy atom. The van der Waals surface area contributed by atoms with Gasteiger partial charge in [-0.25, -0.2) is 4.99 Å². The van der Waals surface area contributed by atoms with Crippen LogP contribution in [0.4, 0.5) is 0 Å². The fourth-order valence-corrected chi connectivity index (χ4v) is 1.50. The molecule has 1 aromatic carbocycles. The first-order valence-corrected chi connectivity index (χ1v) is 6.22. The van der Waals surface area contributed by atoms with Gasteiger partial charge in [0.05, 0.1) is 11.6 Å². The number of para-hydroxylation sites is 1. The van der Waals surface area contributed by atoms with Crippen LogP contribution in [-0.4, -0.2) is 24.7 Å². The average Bonchev–Trinajstić information content (AvgIpc) is 2.24. The van der Waals surface area contributed by atoms with E-state index in [-0.39, 0.29) is 5.54 Å². The van der Waals surface area contributed by atoms with Crippen molar-refractivity contribution in [2.24, 2.45) is 10.7 Å². The van der Waals surface area contributed by atoms with Crippen LogP contribution in [-0.2, 0) is 0 Å². The first kappa shape index (κ1) is 14.6. The highest BCUT2D eigenvalue weighted by atomic mass is 35.5.